The van der Waals surface area contributed by atoms with Crippen molar-refractivity contribution in [3.05, 3.63) is 33.9 Å². The maximum atomic E-state index is 12.6. The molecule has 0 radical (unpaired) electrons. The first-order chi connectivity index (χ1) is 20.0. The molecule has 1 aliphatic rings. The van der Waals surface area contributed by atoms with E-state index in [2.05, 4.69) is 5.32 Å². The summed E-state index contributed by atoms with van der Waals surface area (Å²) >= 11 is 0. The summed E-state index contributed by atoms with van der Waals surface area (Å²) in [6.07, 6.45) is -8.67. The number of nitro groups is 1. The Morgan fingerprint density at radius 3 is 2.09 bits per heavy atom. The van der Waals surface area contributed by atoms with Gasteiger partial charge in [-0.2, -0.15) is 0 Å². The van der Waals surface area contributed by atoms with E-state index in [4.69, 9.17) is 33.2 Å². The highest BCUT2D eigenvalue weighted by molar-refractivity contribution is 7.90. The van der Waals surface area contributed by atoms with Crippen LogP contribution in [0.25, 0.3) is 0 Å². The van der Waals surface area contributed by atoms with Crippen LogP contribution in [0.3, 0.4) is 0 Å². The number of amides is 1. The SMILES string of the molecule is COC(=O)C1OC(Oc2ccc(COC(=O)NCCS(C)(=O)=O)cc2[N+](=O)[O-])C(OC(C)=O)C(OC(C)=O)C1OC(C)=O. The highest BCUT2D eigenvalue weighted by Gasteiger charge is 2.56. The fourth-order valence-corrected chi connectivity index (χ4v) is 4.21. The van der Waals surface area contributed by atoms with Crippen molar-refractivity contribution in [2.75, 3.05) is 25.7 Å². The molecular formula is C24H30N2O16S. The molecule has 1 saturated heterocycles. The molecule has 1 heterocycles. The first kappa shape index (κ1) is 34.7. The van der Waals surface area contributed by atoms with Crippen molar-refractivity contribution >= 4 is 45.5 Å². The molecule has 0 bridgehead atoms. The van der Waals surface area contributed by atoms with Crippen molar-refractivity contribution in [3.63, 3.8) is 0 Å². The molecule has 43 heavy (non-hydrogen) atoms. The minimum absolute atomic E-state index is 0.124. The summed E-state index contributed by atoms with van der Waals surface area (Å²) in [6, 6.07) is 3.36. The molecule has 1 aromatic rings. The Kier molecular flexibility index (Phi) is 12.2. The summed E-state index contributed by atoms with van der Waals surface area (Å²) in [4.78, 5) is 71.1. The number of carbonyl (C=O) groups excluding carboxylic acids is 5. The Labute approximate surface area is 244 Å². The van der Waals surface area contributed by atoms with E-state index in [0.717, 1.165) is 46.3 Å². The number of sulfone groups is 1. The third kappa shape index (κ3) is 10.7. The van der Waals surface area contributed by atoms with Gasteiger partial charge in [-0.15, -0.1) is 0 Å². The standard InChI is InChI=1S/C24H30N2O16S/c1-12(27)38-18-19(39-13(2)28)21(40-14(3)29)23(42-20(18)22(30)36-4)41-17-7-6-15(10-16(17)26(32)33)11-37-24(31)25-8-9-43(5,34)35/h6-7,10,18-21,23H,8-9,11H2,1-5H3,(H,25,31). The Bertz CT molecular complexity index is 1350. The molecule has 1 fully saturated rings. The maximum Gasteiger partial charge on any atom is 0.407 e. The molecule has 0 spiro atoms. The third-order valence-corrected chi connectivity index (χ3v) is 6.36. The smallest absolute Gasteiger partial charge is 0.407 e. The number of benzene rings is 1. The average molecular weight is 635 g/mol. The summed E-state index contributed by atoms with van der Waals surface area (Å²) in [6.45, 7) is 2.31. The zero-order valence-corrected chi connectivity index (χ0v) is 24.4. The molecule has 2 rings (SSSR count). The van der Waals surface area contributed by atoms with Crippen LogP contribution in [-0.2, 0) is 64.0 Å². The van der Waals surface area contributed by atoms with Gasteiger partial charge in [-0.1, -0.05) is 6.07 Å². The fourth-order valence-electron chi connectivity index (χ4n) is 3.73. The highest BCUT2D eigenvalue weighted by atomic mass is 32.2. The molecule has 18 nitrogen and oxygen atoms in total. The minimum atomic E-state index is -3.33. The van der Waals surface area contributed by atoms with Gasteiger partial charge in [0.25, 0.3) is 0 Å². The minimum Gasteiger partial charge on any atom is -0.467 e. The second-order valence-corrected chi connectivity index (χ2v) is 11.2. The van der Waals surface area contributed by atoms with E-state index in [1.54, 1.807) is 0 Å². The number of nitrogens with one attached hydrogen (secondary N) is 1. The number of methoxy groups -OCH3 is 1. The maximum absolute atomic E-state index is 12.6. The van der Waals surface area contributed by atoms with Gasteiger partial charge in [0.15, 0.2) is 24.1 Å². The highest BCUT2D eigenvalue weighted by Crippen LogP contribution is 2.35. The largest absolute Gasteiger partial charge is 0.467 e. The summed E-state index contributed by atoms with van der Waals surface area (Å²) < 4.78 is 58.8. The first-order valence-corrected chi connectivity index (χ1v) is 14.4. The van der Waals surface area contributed by atoms with E-state index >= 15 is 0 Å². The number of ether oxygens (including phenoxy) is 7. The van der Waals surface area contributed by atoms with Gasteiger partial charge in [-0.25, -0.2) is 18.0 Å². The Morgan fingerprint density at radius 2 is 1.56 bits per heavy atom. The van der Waals surface area contributed by atoms with Crippen molar-refractivity contribution < 1.29 is 70.5 Å². The molecule has 238 valence electrons. The van der Waals surface area contributed by atoms with Crippen LogP contribution in [0.15, 0.2) is 18.2 Å². The van der Waals surface area contributed by atoms with Crippen LogP contribution in [0.4, 0.5) is 10.5 Å². The number of nitro benzene ring substituents is 1. The lowest BCUT2D eigenvalue weighted by molar-refractivity contribution is -0.387. The molecule has 5 unspecified atom stereocenters. The molecule has 0 saturated carbocycles. The van der Waals surface area contributed by atoms with Crippen LogP contribution in [0.1, 0.15) is 26.3 Å². The second kappa shape index (κ2) is 15.1. The van der Waals surface area contributed by atoms with Crippen molar-refractivity contribution in [3.8, 4) is 5.75 Å². The predicted molar refractivity (Wildman–Crippen MR) is 139 cm³/mol. The predicted octanol–water partition coefficient (Wildman–Crippen LogP) is -0.0626. The normalized spacial score (nSPS) is 21.5. The van der Waals surface area contributed by atoms with Crippen molar-refractivity contribution in [2.24, 2.45) is 0 Å². The van der Waals surface area contributed by atoms with Crippen LogP contribution in [0.5, 0.6) is 5.75 Å². The number of alkyl carbamates (subject to hydrolysis) is 1. The molecule has 1 aromatic carbocycles. The molecular weight excluding hydrogens is 604 g/mol. The zero-order chi connectivity index (χ0) is 32.5. The summed E-state index contributed by atoms with van der Waals surface area (Å²) in [5.74, 6) is -4.68. The van der Waals surface area contributed by atoms with E-state index in [-0.39, 0.29) is 17.9 Å². The van der Waals surface area contributed by atoms with Crippen molar-refractivity contribution in [2.45, 2.75) is 58.1 Å². The Hall–Kier alpha value is -4.52. The number of nitrogens with zero attached hydrogens (tertiary/aromatic N) is 1. The van der Waals surface area contributed by atoms with Gasteiger partial charge in [0.05, 0.1) is 17.8 Å². The first-order valence-electron chi connectivity index (χ1n) is 12.3. The molecule has 0 aliphatic carbocycles. The van der Waals surface area contributed by atoms with E-state index < -0.39 is 93.5 Å². The number of hydrogen-bond acceptors (Lipinski definition) is 16. The molecule has 1 N–H and O–H groups in total. The number of carbonyl (C=O) groups is 5. The van der Waals surface area contributed by atoms with Gasteiger partial charge >= 0.3 is 35.7 Å². The van der Waals surface area contributed by atoms with Gasteiger partial charge < -0.3 is 38.5 Å². The van der Waals surface area contributed by atoms with Gasteiger partial charge in [0, 0.05) is 39.6 Å². The van der Waals surface area contributed by atoms with Crippen LogP contribution in [0.2, 0.25) is 0 Å². The van der Waals surface area contributed by atoms with E-state index in [1.807, 2.05) is 0 Å². The quantitative estimate of drug-likeness (QED) is 0.137. The van der Waals surface area contributed by atoms with E-state index in [0.29, 0.717) is 0 Å². The molecule has 5 atom stereocenters. The van der Waals surface area contributed by atoms with Crippen LogP contribution >= 0.6 is 0 Å². The second-order valence-electron chi connectivity index (χ2n) is 8.98. The number of rotatable bonds is 12. The van der Waals surface area contributed by atoms with Gasteiger partial charge in [0.2, 0.25) is 12.4 Å². The molecule has 0 aromatic heterocycles. The van der Waals surface area contributed by atoms with E-state index in [1.165, 1.54) is 6.07 Å². The van der Waals surface area contributed by atoms with Crippen LogP contribution < -0.4 is 10.1 Å². The summed E-state index contributed by atoms with van der Waals surface area (Å²) in [5.41, 5.74) is -0.553. The lowest BCUT2D eigenvalue weighted by Crippen LogP contribution is -2.64. The third-order valence-electron chi connectivity index (χ3n) is 5.41. The van der Waals surface area contributed by atoms with E-state index in [9.17, 15) is 42.5 Å². The average Bonchev–Trinajstić information content (AvgIpc) is 2.89. The molecule has 19 heteroatoms. The molecule has 1 aliphatic heterocycles. The number of esters is 4. The van der Waals surface area contributed by atoms with Crippen LogP contribution in [-0.4, -0.2) is 99.7 Å². The van der Waals surface area contributed by atoms with Gasteiger partial charge in [-0.3, -0.25) is 24.5 Å². The fraction of sp³-hybridized carbons (Fsp3) is 0.542. The van der Waals surface area contributed by atoms with Crippen molar-refractivity contribution in [1.29, 1.82) is 0 Å². The summed E-state index contributed by atoms with van der Waals surface area (Å²) in [7, 11) is -2.34. The number of hydrogen-bond donors (Lipinski definition) is 1. The van der Waals surface area contributed by atoms with Crippen LogP contribution in [0, 0.1) is 10.1 Å². The Morgan fingerprint density at radius 1 is 0.977 bits per heavy atom. The van der Waals surface area contributed by atoms with Crippen molar-refractivity contribution in [1.82, 2.24) is 5.32 Å². The van der Waals surface area contributed by atoms with Gasteiger partial charge in [0.1, 0.15) is 16.4 Å². The lowest BCUT2D eigenvalue weighted by Gasteiger charge is -2.42. The lowest BCUT2D eigenvalue weighted by atomic mass is 9.97. The molecule has 1 amide bonds. The van der Waals surface area contributed by atoms with Gasteiger partial charge in [-0.05, 0) is 11.6 Å². The monoisotopic (exact) mass is 634 g/mol. The Balaban J connectivity index is 2.39. The summed E-state index contributed by atoms with van der Waals surface area (Å²) in [5, 5.41) is 14.1. The topological polar surface area (TPSA) is 239 Å². The zero-order valence-electron chi connectivity index (χ0n) is 23.6.